The van der Waals surface area contributed by atoms with Gasteiger partial charge >= 0.3 is 5.97 Å². The van der Waals surface area contributed by atoms with Gasteiger partial charge < -0.3 is 14.4 Å². The van der Waals surface area contributed by atoms with Crippen LogP contribution in [0.15, 0.2) is 93.9 Å². The van der Waals surface area contributed by atoms with Gasteiger partial charge in [0.1, 0.15) is 12.4 Å². The van der Waals surface area contributed by atoms with E-state index in [9.17, 15) is 19.7 Å². The average Bonchev–Trinajstić information content (AvgIpc) is 3.30. The minimum absolute atomic E-state index is 0.0271. The number of anilines is 1. The molecule has 5 rings (SSSR count). The molecule has 3 aromatic carbocycles. The topological polar surface area (TPSA) is 116 Å². The van der Waals surface area contributed by atoms with E-state index in [0.29, 0.717) is 26.4 Å². The van der Waals surface area contributed by atoms with Gasteiger partial charge in [-0.15, -0.1) is 0 Å². The lowest BCUT2D eigenvalue weighted by molar-refractivity contribution is -0.384. The third-order valence-corrected chi connectivity index (χ3v) is 7.96. The van der Waals surface area contributed by atoms with E-state index in [4.69, 9.17) is 9.47 Å². The van der Waals surface area contributed by atoms with Crippen molar-refractivity contribution in [3.8, 4) is 5.75 Å². The largest absolute Gasteiger partial charge is 0.489 e. The lowest BCUT2D eigenvalue weighted by Gasteiger charge is -2.25. The number of thiazole rings is 1. The fraction of sp³-hybridized carbons (Fsp3) is 0.219. The van der Waals surface area contributed by atoms with Crippen molar-refractivity contribution in [2.75, 3.05) is 25.6 Å². The molecule has 0 amide bonds. The number of aromatic nitrogens is 1. The zero-order chi connectivity index (χ0) is 30.7. The maximum atomic E-state index is 13.8. The number of nitro groups is 1. The number of hydrogen-bond acceptors (Lipinski definition) is 9. The van der Waals surface area contributed by atoms with Gasteiger partial charge in [-0.2, -0.15) is 0 Å². The van der Waals surface area contributed by atoms with Gasteiger partial charge in [0.2, 0.25) is 0 Å². The van der Waals surface area contributed by atoms with Gasteiger partial charge in [0.05, 0.1) is 33.4 Å². The average molecular weight is 599 g/mol. The number of non-ortho nitro benzene ring substituents is 1. The summed E-state index contributed by atoms with van der Waals surface area (Å²) in [6.07, 6.45) is 1.79. The van der Waals surface area contributed by atoms with E-state index in [1.807, 2.05) is 55.4 Å². The van der Waals surface area contributed by atoms with E-state index in [0.717, 1.165) is 22.4 Å². The number of rotatable bonds is 9. The molecule has 0 bridgehead atoms. The maximum absolute atomic E-state index is 13.8. The molecule has 0 N–H and O–H groups in total. The van der Waals surface area contributed by atoms with Crippen molar-refractivity contribution in [3.63, 3.8) is 0 Å². The van der Waals surface area contributed by atoms with Crippen molar-refractivity contribution < 1.29 is 19.2 Å². The van der Waals surface area contributed by atoms with Crippen LogP contribution in [0, 0.1) is 10.1 Å². The zero-order valence-corrected chi connectivity index (χ0v) is 25.0. The van der Waals surface area contributed by atoms with Crippen molar-refractivity contribution >= 4 is 34.8 Å². The van der Waals surface area contributed by atoms with Gasteiger partial charge in [0.25, 0.3) is 11.2 Å². The monoisotopic (exact) mass is 598 g/mol. The molecule has 0 fully saturated rings. The molecule has 0 radical (unpaired) electrons. The number of fused-ring (bicyclic) bond motifs is 1. The Hall–Kier alpha value is -5.03. The van der Waals surface area contributed by atoms with Crippen LogP contribution < -0.4 is 24.5 Å². The molecule has 4 aromatic rings. The van der Waals surface area contributed by atoms with Crippen LogP contribution in [0.4, 0.5) is 11.4 Å². The van der Waals surface area contributed by atoms with Crippen molar-refractivity contribution in [2.24, 2.45) is 4.99 Å². The molecule has 1 aliphatic heterocycles. The standard InChI is InChI=1S/C32H30N4O6S/c1-5-41-31(38)28-20(2)33-32-35(29(28)23-10-14-24(15-11-23)34(3)4)30(37)27(43-32)18-21-8-16-26(17-9-21)42-19-22-6-12-25(13-7-22)36(39)40/h6-18,29H,5,19H2,1-4H3. The number of carbonyl (C=O) groups excluding carboxylic acids is 1. The van der Waals surface area contributed by atoms with Crippen LogP contribution in [0.1, 0.15) is 36.6 Å². The van der Waals surface area contributed by atoms with E-state index >= 15 is 0 Å². The molecule has 1 unspecified atom stereocenters. The van der Waals surface area contributed by atoms with Gasteiger partial charge in [-0.3, -0.25) is 19.5 Å². The molecular formula is C32H30N4O6S. The second-order valence-electron chi connectivity index (χ2n) is 10.1. The number of allylic oxidation sites excluding steroid dienone is 1. The summed E-state index contributed by atoms with van der Waals surface area (Å²) in [4.78, 5) is 44.5. The van der Waals surface area contributed by atoms with Crippen molar-refractivity contribution in [1.82, 2.24) is 4.57 Å². The summed E-state index contributed by atoms with van der Waals surface area (Å²) < 4.78 is 13.2. The summed E-state index contributed by atoms with van der Waals surface area (Å²) in [6.45, 7) is 3.98. The van der Waals surface area contributed by atoms with Crippen LogP contribution in [-0.4, -0.2) is 36.2 Å². The Morgan fingerprint density at radius 3 is 2.35 bits per heavy atom. The van der Waals surface area contributed by atoms with Crippen molar-refractivity contribution in [2.45, 2.75) is 26.5 Å². The lowest BCUT2D eigenvalue weighted by Crippen LogP contribution is -2.39. The Morgan fingerprint density at radius 1 is 1.07 bits per heavy atom. The fourth-order valence-corrected chi connectivity index (χ4v) is 5.80. The van der Waals surface area contributed by atoms with Crippen molar-refractivity contribution in [1.29, 1.82) is 0 Å². The number of nitrogens with zero attached hydrogens (tertiary/aromatic N) is 4. The molecule has 43 heavy (non-hydrogen) atoms. The number of carbonyl (C=O) groups is 1. The Kier molecular flexibility index (Phi) is 8.53. The fourth-order valence-electron chi connectivity index (χ4n) is 4.75. The highest BCUT2D eigenvalue weighted by molar-refractivity contribution is 7.07. The molecule has 0 saturated carbocycles. The minimum atomic E-state index is -0.677. The molecule has 1 atom stereocenters. The maximum Gasteiger partial charge on any atom is 0.338 e. The van der Waals surface area contributed by atoms with Crippen molar-refractivity contribution in [3.05, 3.63) is 131 Å². The first-order valence-corrected chi connectivity index (χ1v) is 14.4. The van der Waals surface area contributed by atoms with Gasteiger partial charge in [0.15, 0.2) is 4.80 Å². The Bertz CT molecular complexity index is 1870. The molecule has 0 spiro atoms. The first-order valence-electron chi connectivity index (χ1n) is 13.6. The molecule has 0 aliphatic carbocycles. The first-order chi connectivity index (χ1) is 20.7. The van der Waals surface area contributed by atoms with Gasteiger partial charge in [-0.25, -0.2) is 9.79 Å². The highest BCUT2D eigenvalue weighted by atomic mass is 32.1. The normalized spacial score (nSPS) is 14.6. The summed E-state index contributed by atoms with van der Waals surface area (Å²) in [7, 11) is 3.90. The van der Waals surface area contributed by atoms with Crippen LogP contribution in [0.2, 0.25) is 0 Å². The van der Waals surface area contributed by atoms with Crippen LogP contribution in [0.5, 0.6) is 5.75 Å². The number of benzene rings is 3. The van der Waals surface area contributed by atoms with Gasteiger partial charge in [-0.05, 0) is 73.0 Å². The minimum Gasteiger partial charge on any atom is -0.489 e. The molecule has 2 heterocycles. The molecule has 0 saturated heterocycles. The molecule has 11 heteroatoms. The second kappa shape index (κ2) is 12.5. The number of esters is 1. The van der Waals surface area contributed by atoms with E-state index < -0.39 is 16.9 Å². The SMILES string of the molecule is CCOC(=O)C1=C(C)N=c2sc(=Cc3ccc(OCc4ccc([N+](=O)[O-])cc4)cc3)c(=O)n2C1c1ccc(N(C)C)cc1. The van der Waals surface area contributed by atoms with Crippen LogP contribution >= 0.6 is 11.3 Å². The molecule has 10 nitrogen and oxygen atoms in total. The number of ether oxygens (including phenoxy) is 2. The van der Waals surface area contributed by atoms with Gasteiger partial charge in [-0.1, -0.05) is 35.6 Å². The number of hydrogen-bond donors (Lipinski definition) is 0. The summed E-state index contributed by atoms with van der Waals surface area (Å²) >= 11 is 1.26. The van der Waals surface area contributed by atoms with E-state index in [2.05, 4.69) is 4.99 Å². The molecule has 1 aromatic heterocycles. The number of nitro benzene ring substituents is 1. The quantitative estimate of drug-likeness (QED) is 0.160. The summed E-state index contributed by atoms with van der Waals surface area (Å²) in [5, 5.41) is 10.8. The smallest absolute Gasteiger partial charge is 0.338 e. The second-order valence-corrected chi connectivity index (χ2v) is 11.1. The zero-order valence-electron chi connectivity index (χ0n) is 24.1. The van der Waals surface area contributed by atoms with E-state index in [1.54, 1.807) is 48.8 Å². The highest BCUT2D eigenvalue weighted by Crippen LogP contribution is 2.31. The third-order valence-electron chi connectivity index (χ3n) is 6.97. The molecule has 1 aliphatic rings. The summed E-state index contributed by atoms with van der Waals surface area (Å²) in [5.74, 6) is 0.122. The third kappa shape index (κ3) is 6.26. The summed E-state index contributed by atoms with van der Waals surface area (Å²) in [5.41, 5.74) is 4.01. The first kappa shape index (κ1) is 29.5. The lowest BCUT2D eigenvalue weighted by atomic mass is 9.95. The predicted molar refractivity (Wildman–Crippen MR) is 165 cm³/mol. The van der Waals surface area contributed by atoms with Crippen LogP contribution in [0.3, 0.4) is 0 Å². The molecule has 220 valence electrons. The molecular weight excluding hydrogens is 568 g/mol. The van der Waals surface area contributed by atoms with Crippen LogP contribution in [0.25, 0.3) is 6.08 Å². The van der Waals surface area contributed by atoms with Gasteiger partial charge in [0, 0.05) is 31.9 Å². The highest BCUT2D eigenvalue weighted by Gasteiger charge is 2.33. The van der Waals surface area contributed by atoms with Crippen LogP contribution in [-0.2, 0) is 16.1 Å². The van der Waals surface area contributed by atoms with E-state index in [-0.39, 0.29) is 24.5 Å². The predicted octanol–water partition coefficient (Wildman–Crippen LogP) is 4.35. The Morgan fingerprint density at radius 2 is 1.74 bits per heavy atom. The summed E-state index contributed by atoms with van der Waals surface area (Å²) in [6, 6.07) is 20.6. The Balaban J connectivity index is 1.45. The van der Waals surface area contributed by atoms with E-state index in [1.165, 1.54) is 23.5 Å². The Labute approximate surface area is 251 Å².